The first-order chi connectivity index (χ1) is 7.74. The highest BCUT2D eigenvalue weighted by molar-refractivity contribution is 5.87. The minimum absolute atomic E-state index is 0.0935. The zero-order chi connectivity index (χ0) is 11.4. The van der Waals surface area contributed by atoms with E-state index in [-0.39, 0.29) is 5.91 Å². The van der Waals surface area contributed by atoms with E-state index in [2.05, 4.69) is 15.6 Å². The van der Waals surface area contributed by atoms with Crippen molar-refractivity contribution in [3.63, 3.8) is 0 Å². The smallest absolute Gasteiger partial charge is 0.222 e. The van der Waals surface area contributed by atoms with Crippen LogP contribution in [0.4, 0.5) is 11.5 Å². The van der Waals surface area contributed by atoms with E-state index in [4.69, 9.17) is 0 Å². The van der Waals surface area contributed by atoms with Crippen LogP contribution in [0.3, 0.4) is 0 Å². The third-order valence-electron chi connectivity index (χ3n) is 2.79. The summed E-state index contributed by atoms with van der Waals surface area (Å²) in [5, 5.41) is 6.09. The van der Waals surface area contributed by atoms with Crippen LogP contribution in [-0.2, 0) is 4.79 Å². The van der Waals surface area contributed by atoms with Crippen molar-refractivity contribution in [3.8, 4) is 0 Å². The molecule has 1 aliphatic rings. The van der Waals surface area contributed by atoms with Gasteiger partial charge in [-0.3, -0.25) is 4.79 Å². The van der Waals surface area contributed by atoms with Crippen LogP contribution < -0.4 is 10.6 Å². The second-order valence-electron chi connectivity index (χ2n) is 4.24. The number of aromatic nitrogens is 1. The number of carbonyl (C=O) groups is 1. The van der Waals surface area contributed by atoms with Gasteiger partial charge in [-0.2, -0.15) is 0 Å². The van der Waals surface area contributed by atoms with Gasteiger partial charge in [0, 0.05) is 13.0 Å². The fourth-order valence-corrected chi connectivity index (χ4v) is 2.04. The van der Waals surface area contributed by atoms with Gasteiger partial charge in [0.25, 0.3) is 0 Å². The van der Waals surface area contributed by atoms with Crippen LogP contribution in [0.5, 0.6) is 0 Å². The molecule has 0 aromatic carbocycles. The van der Waals surface area contributed by atoms with E-state index < -0.39 is 0 Å². The summed E-state index contributed by atoms with van der Waals surface area (Å²) in [6.45, 7) is 1.48. The Bertz CT molecular complexity index is 355. The molecule has 4 heteroatoms. The Labute approximate surface area is 95.5 Å². The van der Waals surface area contributed by atoms with Crippen LogP contribution >= 0.6 is 0 Å². The molecule has 1 fully saturated rings. The van der Waals surface area contributed by atoms with Crippen LogP contribution in [0.25, 0.3) is 0 Å². The van der Waals surface area contributed by atoms with E-state index in [1.54, 1.807) is 6.20 Å². The van der Waals surface area contributed by atoms with Crippen LogP contribution in [0.2, 0.25) is 0 Å². The molecule has 1 amide bonds. The summed E-state index contributed by atoms with van der Waals surface area (Å²) in [6, 6.07) is 4.36. The Hall–Kier alpha value is -1.58. The minimum Gasteiger partial charge on any atom is -0.381 e. The number of nitrogens with zero attached hydrogens (tertiary/aromatic N) is 1. The van der Waals surface area contributed by atoms with Crippen molar-refractivity contribution >= 4 is 17.4 Å². The van der Waals surface area contributed by atoms with Gasteiger partial charge in [-0.05, 0) is 25.0 Å². The third kappa shape index (κ3) is 2.95. The Morgan fingerprint density at radius 3 is 2.69 bits per heavy atom. The predicted octanol–water partition coefficient (Wildman–Crippen LogP) is 2.39. The van der Waals surface area contributed by atoms with Crippen molar-refractivity contribution in [3.05, 3.63) is 18.3 Å². The van der Waals surface area contributed by atoms with E-state index in [1.807, 2.05) is 12.1 Å². The predicted molar refractivity (Wildman–Crippen MR) is 64.4 cm³/mol. The maximum atomic E-state index is 10.8. The van der Waals surface area contributed by atoms with E-state index in [0.717, 1.165) is 5.69 Å². The van der Waals surface area contributed by atoms with E-state index >= 15 is 0 Å². The molecule has 1 aliphatic carbocycles. The summed E-state index contributed by atoms with van der Waals surface area (Å²) < 4.78 is 0. The van der Waals surface area contributed by atoms with Gasteiger partial charge < -0.3 is 10.6 Å². The summed E-state index contributed by atoms with van der Waals surface area (Å²) in [4.78, 5) is 15.0. The molecule has 0 unspecified atom stereocenters. The number of nitrogens with one attached hydrogen (secondary N) is 2. The third-order valence-corrected chi connectivity index (χ3v) is 2.79. The molecule has 16 heavy (non-hydrogen) atoms. The van der Waals surface area contributed by atoms with Crippen LogP contribution in [-0.4, -0.2) is 16.9 Å². The zero-order valence-corrected chi connectivity index (χ0v) is 9.49. The Kier molecular flexibility index (Phi) is 3.39. The standard InChI is InChI=1S/C12H17N3O/c1-9(16)14-12-7-6-11(8-13-12)15-10-4-2-3-5-10/h6-8,10,15H,2-5H2,1H3,(H,13,14,16). The fraction of sp³-hybridized carbons (Fsp3) is 0.500. The average Bonchev–Trinajstić information content (AvgIpc) is 2.73. The fourth-order valence-electron chi connectivity index (χ4n) is 2.04. The maximum Gasteiger partial charge on any atom is 0.222 e. The molecule has 0 bridgehead atoms. The van der Waals surface area contributed by atoms with Crippen LogP contribution in [0, 0.1) is 0 Å². The number of rotatable bonds is 3. The molecule has 4 nitrogen and oxygen atoms in total. The molecular formula is C12H17N3O. The van der Waals surface area contributed by atoms with Gasteiger partial charge in [0.1, 0.15) is 5.82 Å². The van der Waals surface area contributed by atoms with Gasteiger partial charge in [-0.15, -0.1) is 0 Å². The Morgan fingerprint density at radius 2 is 2.12 bits per heavy atom. The molecule has 0 spiro atoms. The first-order valence-electron chi connectivity index (χ1n) is 5.74. The number of hydrogen-bond donors (Lipinski definition) is 2. The average molecular weight is 219 g/mol. The molecule has 1 saturated carbocycles. The summed E-state index contributed by atoms with van der Waals surface area (Å²) in [7, 11) is 0. The lowest BCUT2D eigenvalue weighted by Crippen LogP contribution is -2.14. The lowest BCUT2D eigenvalue weighted by Gasteiger charge is -2.13. The SMILES string of the molecule is CC(=O)Nc1ccc(NC2CCCC2)cn1. The van der Waals surface area contributed by atoms with Crippen molar-refractivity contribution in [1.29, 1.82) is 0 Å². The first kappa shape index (κ1) is 10.9. The summed E-state index contributed by atoms with van der Waals surface area (Å²) >= 11 is 0. The van der Waals surface area contributed by atoms with Crippen molar-refractivity contribution in [2.75, 3.05) is 10.6 Å². The van der Waals surface area contributed by atoms with Crippen molar-refractivity contribution in [2.24, 2.45) is 0 Å². The number of pyridine rings is 1. The van der Waals surface area contributed by atoms with Crippen molar-refractivity contribution < 1.29 is 4.79 Å². The molecule has 2 N–H and O–H groups in total. The molecule has 1 heterocycles. The minimum atomic E-state index is -0.0935. The van der Waals surface area contributed by atoms with E-state index in [0.29, 0.717) is 11.9 Å². The van der Waals surface area contributed by atoms with Gasteiger partial charge in [0.15, 0.2) is 0 Å². The highest BCUT2D eigenvalue weighted by Gasteiger charge is 2.14. The molecule has 86 valence electrons. The Morgan fingerprint density at radius 1 is 1.38 bits per heavy atom. The number of anilines is 2. The zero-order valence-electron chi connectivity index (χ0n) is 9.49. The molecule has 1 aromatic rings. The molecule has 0 saturated heterocycles. The number of hydrogen-bond acceptors (Lipinski definition) is 3. The molecule has 0 atom stereocenters. The Balaban J connectivity index is 1.93. The molecule has 2 rings (SSSR count). The summed E-state index contributed by atoms with van der Waals surface area (Å²) in [5.74, 6) is 0.508. The van der Waals surface area contributed by atoms with Crippen LogP contribution in [0.1, 0.15) is 32.6 Å². The topological polar surface area (TPSA) is 54.0 Å². The van der Waals surface area contributed by atoms with Gasteiger partial charge in [0.05, 0.1) is 11.9 Å². The highest BCUT2D eigenvalue weighted by atomic mass is 16.1. The second kappa shape index (κ2) is 4.96. The second-order valence-corrected chi connectivity index (χ2v) is 4.24. The normalized spacial score (nSPS) is 16.1. The number of carbonyl (C=O) groups excluding carboxylic acids is 1. The maximum absolute atomic E-state index is 10.8. The van der Waals surface area contributed by atoms with Crippen molar-refractivity contribution in [1.82, 2.24) is 4.98 Å². The molecule has 0 aliphatic heterocycles. The lowest BCUT2D eigenvalue weighted by molar-refractivity contribution is -0.114. The van der Waals surface area contributed by atoms with E-state index in [1.165, 1.54) is 32.6 Å². The van der Waals surface area contributed by atoms with Gasteiger partial charge in [0.2, 0.25) is 5.91 Å². The van der Waals surface area contributed by atoms with Gasteiger partial charge in [-0.25, -0.2) is 4.98 Å². The highest BCUT2D eigenvalue weighted by Crippen LogP contribution is 2.22. The quantitative estimate of drug-likeness (QED) is 0.820. The monoisotopic (exact) mass is 219 g/mol. The molecule has 0 radical (unpaired) electrons. The number of amides is 1. The largest absolute Gasteiger partial charge is 0.381 e. The van der Waals surface area contributed by atoms with Crippen LogP contribution in [0.15, 0.2) is 18.3 Å². The molecule has 1 aromatic heterocycles. The summed E-state index contributed by atoms with van der Waals surface area (Å²) in [5.41, 5.74) is 1.03. The van der Waals surface area contributed by atoms with E-state index in [9.17, 15) is 4.79 Å². The molecular weight excluding hydrogens is 202 g/mol. The van der Waals surface area contributed by atoms with Gasteiger partial charge in [-0.1, -0.05) is 12.8 Å². The van der Waals surface area contributed by atoms with Crippen molar-refractivity contribution in [2.45, 2.75) is 38.6 Å². The summed E-state index contributed by atoms with van der Waals surface area (Å²) in [6.07, 6.45) is 6.88. The lowest BCUT2D eigenvalue weighted by atomic mass is 10.2. The van der Waals surface area contributed by atoms with Gasteiger partial charge >= 0.3 is 0 Å². The first-order valence-corrected chi connectivity index (χ1v) is 5.74.